The number of aromatic carboxylic acids is 1. The predicted octanol–water partition coefficient (Wildman–Crippen LogP) is 2.59. The average molecular weight is 387 g/mol. The zero-order valence-corrected chi connectivity index (χ0v) is 15.3. The number of aryl methyl sites for hydroxylation is 1. The number of rotatable bonds is 1. The molecule has 1 fully saturated rings. The Kier molecular flexibility index (Phi) is 3.57. The second kappa shape index (κ2) is 5.77. The number of carboxylic acids is 1. The van der Waals surface area contributed by atoms with E-state index in [0.29, 0.717) is 29.0 Å². The van der Waals surface area contributed by atoms with Crippen LogP contribution in [-0.2, 0) is 6.42 Å². The molecule has 2 aromatic heterocycles. The SMILES string of the molecule is N[C@H]1CC2CCCc3c(c(F)cc4c(=O)c(C(=O)O)c5sccn5c34)N2C1. The van der Waals surface area contributed by atoms with Gasteiger partial charge in [0.1, 0.15) is 16.2 Å². The van der Waals surface area contributed by atoms with Crippen LogP contribution in [0.5, 0.6) is 0 Å². The van der Waals surface area contributed by atoms with Crippen molar-refractivity contribution in [3.05, 3.63) is 44.8 Å². The predicted molar refractivity (Wildman–Crippen MR) is 103 cm³/mol. The van der Waals surface area contributed by atoms with Crippen molar-refractivity contribution in [1.82, 2.24) is 4.40 Å². The molecule has 0 bridgehead atoms. The summed E-state index contributed by atoms with van der Waals surface area (Å²) in [7, 11) is 0. The van der Waals surface area contributed by atoms with E-state index in [1.165, 1.54) is 17.4 Å². The molecule has 3 aromatic rings. The molecule has 5 rings (SSSR count). The largest absolute Gasteiger partial charge is 0.477 e. The standard InChI is InChI=1S/C19H18FN3O3S/c20-13-7-12-15(22-4-5-27-18(22)14(17(12)24)19(25)26)11-3-1-2-10-6-9(21)8-23(10)16(11)13/h4-5,7,9-10H,1-3,6,8,21H2,(H,25,26)/t9-,10?/m0/s1. The lowest BCUT2D eigenvalue weighted by atomic mass is 10.00. The van der Waals surface area contributed by atoms with Gasteiger partial charge in [0.2, 0.25) is 5.43 Å². The molecule has 0 radical (unpaired) electrons. The van der Waals surface area contributed by atoms with Gasteiger partial charge in [-0.2, -0.15) is 0 Å². The Morgan fingerprint density at radius 2 is 2.22 bits per heavy atom. The van der Waals surface area contributed by atoms with E-state index < -0.39 is 17.2 Å². The summed E-state index contributed by atoms with van der Waals surface area (Å²) < 4.78 is 16.9. The average Bonchev–Trinajstić information content (AvgIpc) is 3.17. The van der Waals surface area contributed by atoms with Gasteiger partial charge in [0.25, 0.3) is 0 Å². The van der Waals surface area contributed by atoms with E-state index in [1.807, 2.05) is 0 Å². The molecule has 2 aliphatic rings. The summed E-state index contributed by atoms with van der Waals surface area (Å²) >= 11 is 1.21. The van der Waals surface area contributed by atoms with Gasteiger partial charge in [-0.1, -0.05) is 0 Å². The second-order valence-corrected chi connectivity index (χ2v) is 8.26. The third-order valence-electron chi connectivity index (χ3n) is 5.77. The van der Waals surface area contributed by atoms with Gasteiger partial charge in [-0.15, -0.1) is 11.3 Å². The van der Waals surface area contributed by atoms with Crippen molar-refractivity contribution < 1.29 is 14.3 Å². The number of thiazole rings is 1. The summed E-state index contributed by atoms with van der Waals surface area (Å²) in [4.78, 5) is 27.0. The number of carbonyl (C=O) groups is 1. The van der Waals surface area contributed by atoms with Gasteiger partial charge < -0.3 is 20.1 Å². The van der Waals surface area contributed by atoms with Crippen LogP contribution in [0.2, 0.25) is 0 Å². The summed E-state index contributed by atoms with van der Waals surface area (Å²) in [5.41, 5.74) is 7.14. The first kappa shape index (κ1) is 16.7. The van der Waals surface area contributed by atoms with Gasteiger partial charge in [-0.05, 0) is 31.7 Å². The molecule has 2 aliphatic heterocycles. The molecule has 3 N–H and O–H groups in total. The molecule has 1 aromatic carbocycles. The van der Waals surface area contributed by atoms with Crippen molar-refractivity contribution in [2.45, 2.75) is 37.8 Å². The quantitative estimate of drug-likeness (QED) is 0.670. The van der Waals surface area contributed by atoms with Crippen molar-refractivity contribution >= 4 is 38.7 Å². The van der Waals surface area contributed by atoms with E-state index in [1.54, 1.807) is 16.0 Å². The van der Waals surface area contributed by atoms with Crippen LogP contribution < -0.4 is 16.1 Å². The molecule has 1 unspecified atom stereocenters. The van der Waals surface area contributed by atoms with E-state index in [2.05, 4.69) is 4.90 Å². The first-order chi connectivity index (χ1) is 13.0. The Balaban J connectivity index is 1.93. The number of aromatic nitrogens is 1. The maximum absolute atomic E-state index is 15.2. The Morgan fingerprint density at radius 3 is 3.00 bits per heavy atom. The molecule has 140 valence electrons. The number of nitrogens with two attached hydrogens (primary N) is 1. The van der Waals surface area contributed by atoms with Gasteiger partial charge in [-0.25, -0.2) is 9.18 Å². The Bertz CT molecular complexity index is 1170. The molecular weight excluding hydrogens is 369 g/mol. The minimum Gasteiger partial charge on any atom is -0.477 e. The monoisotopic (exact) mass is 387 g/mol. The van der Waals surface area contributed by atoms with Crippen LogP contribution >= 0.6 is 11.3 Å². The van der Waals surface area contributed by atoms with Gasteiger partial charge in [0.05, 0.1) is 16.6 Å². The first-order valence-corrected chi connectivity index (χ1v) is 9.87. The maximum atomic E-state index is 15.2. The first-order valence-electron chi connectivity index (χ1n) is 8.99. The van der Waals surface area contributed by atoms with E-state index >= 15 is 4.39 Å². The molecule has 0 aliphatic carbocycles. The lowest BCUT2D eigenvalue weighted by molar-refractivity contribution is 0.0697. The van der Waals surface area contributed by atoms with Crippen molar-refractivity contribution in [2.75, 3.05) is 11.4 Å². The molecule has 0 saturated carbocycles. The number of hydrogen-bond donors (Lipinski definition) is 2. The molecule has 6 nitrogen and oxygen atoms in total. The summed E-state index contributed by atoms with van der Waals surface area (Å²) in [6.07, 6.45) is 5.04. The lowest BCUT2D eigenvalue weighted by Crippen LogP contribution is -2.31. The summed E-state index contributed by atoms with van der Waals surface area (Å²) in [5.74, 6) is -1.76. The maximum Gasteiger partial charge on any atom is 0.342 e. The van der Waals surface area contributed by atoms with Gasteiger partial charge in [0.15, 0.2) is 0 Å². The second-order valence-electron chi connectivity index (χ2n) is 7.36. The van der Waals surface area contributed by atoms with Crippen LogP contribution in [0.1, 0.15) is 35.2 Å². The topological polar surface area (TPSA) is 88.0 Å². The fourth-order valence-corrected chi connectivity index (χ4v) is 5.62. The molecular formula is C19H18FN3O3S. The van der Waals surface area contributed by atoms with E-state index in [4.69, 9.17) is 5.73 Å². The molecule has 1 saturated heterocycles. The van der Waals surface area contributed by atoms with Crippen LogP contribution in [0.25, 0.3) is 15.7 Å². The van der Waals surface area contributed by atoms with Crippen LogP contribution in [0.15, 0.2) is 22.4 Å². The van der Waals surface area contributed by atoms with Crippen molar-refractivity contribution in [2.24, 2.45) is 5.73 Å². The zero-order chi connectivity index (χ0) is 18.9. The van der Waals surface area contributed by atoms with Crippen molar-refractivity contribution in [3.63, 3.8) is 0 Å². The van der Waals surface area contributed by atoms with E-state index in [9.17, 15) is 14.7 Å². The number of pyridine rings is 1. The van der Waals surface area contributed by atoms with Crippen molar-refractivity contribution in [1.29, 1.82) is 0 Å². The molecule has 0 spiro atoms. The van der Waals surface area contributed by atoms with Crippen LogP contribution in [0.3, 0.4) is 0 Å². The molecule has 8 heteroatoms. The molecule has 2 atom stereocenters. The third-order valence-corrected chi connectivity index (χ3v) is 6.65. The molecule has 4 heterocycles. The molecule has 27 heavy (non-hydrogen) atoms. The Labute approximate surface area is 157 Å². The fraction of sp³-hybridized carbons (Fsp3) is 0.368. The number of halogens is 1. The summed E-state index contributed by atoms with van der Waals surface area (Å²) in [6.45, 7) is 0.592. The lowest BCUT2D eigenvalue weighted by Gasteiger charge is -2.27. The third kappa shape index (κ3) is 2.26. The zero-order valence-electron chi connectivity index (χ0n) is 14.4. The number of hydrogen-bond acceptors (Lipinski definition) is 5. The summed E-state index contributed by atoms with van der Waals surface area (Å²) in [6, 6.07) is 1.43. The highest BCUT2D eigenvalue weighted by molar-refractivity contribution is 7.16. The number of anilines is 1. The minimum absolute atomic E-state index is 0.00863. The molecule has 0 amide bonds. The highest BCUT2D eigenvalue weighted by Crippen LogP contribution is 2.40. The van der Waals surface area contributed by atoms with E-state index in [-0.39, 0.29) is 23.0 Å². The fourth-order valence-electron chi connectivity index (χ4n) is 4.75. The number of fused-ring (bicyclic) bond motifs is 7. The Morgan fingerprint density at radius 1 is 1.41 bits per heavy atom. The smallest absolute Gasteiger partial charge is 0.342 e. The minimum atomic E-state index is -1.29. The highest BCUT2D eigenvalue weighted by Gasteiger charge is 2.36. The number of benzene rings is 1. The van der Waals surface area contributed by atoms with Crippen LogP contribution in [-0.4, -0.2) is 34.1 Å². The van der Waals surface area contributed by atoms with Gasteiger partial charge >= 0.3 is 5.97 Å². The highest BCUT2D eigenvalue weighted by atomic mass is 32.1. The van der Waals surface area contributed by atoms with Crippen molar-refractivity contribution in [3.8, 4) is 0 Å². The normalized spacial score (nSPS) is 22.1. The van der Waals surface area contributed by atoms with Gasteiger partial charge in [-0.3, -0.25) is 4.79 Å². The van der Waals surface area contributed by atoms with Gasteiger partial charge in [0, 0.05) is 35.8 Å². The van der Waals surface area contributed by atoms with Crippen LogP contribution in [0.4, 0.5) is 10.1 Å². The van der Waals surface area contributed by atoms with Crippen LogP contribution in [0, 0.1) is 5.82 Å². The number of nitrogens with zero attached hydrogens (tertiary/aromatic N) is 2. The number of carboxylic acid groups (broad SMARTS) is 1. The summed E-state index contributed by atoms with van der Waals surface area (Å²) in [5, 5.41) is 11.4. The van der Waals surface area contributed by atoms with E-state index in [0.717, 1.165) is 24.8 Å². The Hall–Kier alpha value is -2.45.